The molecule has 4 heteroatoms. The predicted octanol–water partition coefficient (Wildman–Crippen LogP) is -0.0954. The zero-order chi connectivity index (χ0) is 11.4. The summed E-state index contributed by atoms with van der Waals surface area (Å²) in [5.74, 6) is 0.804. The Balaban J connectivity index is 1.80. The van der Waals surface area contributed by atoms with Crippen molar-refractivity contribution >= 4 is 0 Å². The van der Waals surface area contributed by atoms with Crippen LogP contribution in [0, 0.1) is 5.92 Å². The van der Waals surface area contributed by atoms with E-state index in [9.17, 15) is 0 Å². The Labute approximate surface area is 98.7 Å². The molecule has 0 amide bonds. The van der Waals surface area contributed by atoms with E-state index in [1.165, 1.54) is 25.9 Å². The lowest BCUT2D eigenvalue weighted by atomic mass is 9.93. The molecule has 2 heterocycles. The third-order valence-electron chi connectivity index (χ3n) is 3.90. The van der Waals surface area contributed by atoms with Crippen LogP contribution in [-0.4, -0.2) is 63.9 Å². The van der Waals surface area contributed by atoms with Crippen LogP contribution < -0.4 is 10.6 Å². The first-order valence-electron chi connectivity index (χ1n) is 6.46. The fourth-order valence-corrected chi connectivity index (χ4v) is 2.92. The molecule has 2 N–H and O–H groups in total. The van der Waals surface area contributed by atoms with Gasteiger partial charge in [0.05, 0.1) is 13.2 Å². The molecular weight excluding hydrogens is 202 g/mol. The molecule has 0 aromatic heterocycles. The molecule has 2 saturated heterocycles. The summed E-state index contributed by atoms with van der Waals surface area (Å²) in [7, 11) is 4.31. The van der Waals surface area contributed by atoms with Crippen molar-refractivity contribution in [2.75, 3.05) is 46.9 Å². The lowest BCUT2D eigenvalue weighted by Gasteiger charge is -2.30. The number of likely N-dealkylation sites (tertiary alicyclic amines) is 1. The summed E-state index contributed by atoms with van der Waals surface area (Å²) >= 11 is 0. The van der Waals surface area contributed by atoms with Gasteiger partial charge in [-0.15, -0.1) is 0 Å². The minimum absolute atomic E-state index is 0.539. The summed E-state index contributed by atoms with van der Waals surface area (Å²) in [6.07, 6.45) is 2.52. The first-order chi connectivity index (χ1) is 7.79. The maximum Gasteiger partial charge on any atom is 0.0620 e. The van der Waals surface area contributed by atoms with Crippen LogP contribution in [0.3, 0.4) is 0 Å². The van der Waals surface area contributed by atoms with E-state index in [1.54, 1.807) is 0 Å². The number of nitrogens with zero attached hydrogens (tertiary/aromatic N) is 1. The maximum atomic E-state index is 5.51. The number of ether oxygens (including phenoxy) is 1. The molecule has 0 aliphatic carbocycles. The molecule has 3 unspecified atom stereocenters. The molecule has 0 bridgehead atoms. The van der Waals surface area contributed by atoms with Gasteiger partial charge in [-0.05, 0) is 39.4 Å². The number of morpholine rings is 1. The molecule has 0 saturated carbocycles. The van der Waals surface area contributed by atoms with Gasteiger partial charge in [-0.2, -0.15) is 0 Å². The van der Waals surface area contributed by atoms with E-state index in [4.69, 9.17) is 4.74 Å². The summed E-state index contributed by atoms with van der Waals surface area (Å²) in [4.78, 5) is 2.43. The average molecular weight is 227 g/mol. The summed E-state index contributed by atoms with van der Waals surface area (Å²) in [6, 6.07) is 1.17. The van der Waals surface area contributed by atoms with Crippen molar-refractivity contribution in [2.24, 2.45) is 5.92 Å². The number of rotatable bonds is 4. The average Bonchev–Trinajstić information content (AvgIpc) is 2.74. The van der Waals surface area contributed by atoms with E-state index in [1.807, 2.05) is 0 Å². The lowest BCUT2D eigenvalue weighted by Crippen LogP contribution is -2.47. The normalized spacial score (nSPS) is 34.1. The van der Waals surface area contributed by atoms with Crippen LogP contribution >= 0.6 is 0 Å². The Bertz CT molecular complexity index is 206. The number of hydrogen-bond donors (Lipinski definition) is 2. The molecule has 2 rings (SSSR count). The molecule has 4 nitrogen and oxygen atoms in total. The Hall–Kier alpha value is -0.160. The minimum atomic E-state index is 0.539. The van der Waals surface area contributed by atoms with Crippen molar-refractivity contribution in [1.82, 2.24) is 15.5 Å². The van der Waals surface area contributed by atoms with Crippen LogP contribution in [0.5, 0.6) is 0 Å². The predicted molar refractivity (Wildman–Crippen MR) is 65.7 cm³/mol. The van der Waals surface area contributed by atoms with E-state index in [0.29, 0.717) is 12.1 Å². The second-order valence-corrected chi connectivity index (χ2v) is 5.17. The Morgan fingerprint density at radius 2 is 2.44 bits per heavy atom. The van der Waals surface area contributed by atoms with Crippen molar-refractivity contribution < 1.29 is 4.74 Å². The fourth-order valence-electron chi connectivity index (χ4n) is 2.92. The second kappa shape index (κ2) is 5.96. The zero-order valence-electron chi connectivity index (χ0n) is 10.5. The van der Waals surface area contributed by atoms with Crippen LogP contribution in [0.4, 0.5) is 0 Å². The molecule has 3 atom stereocenters. The van der Waals surface area contributed by atoms with E-state index < -0.39 is 0 Å². The highest BCUT2D eigenvalue weighted by molar-refractivity contribution is 4.87. The zero-order valence-corrected chi connectivity index (χ0v) is 10.5. The van der Waals surface area contributed by atoms with E-state index >= 15 is 0 Å². The first-order valence-corrected chi connectivity index (χ1v) is 6.46. The third-order valence-corrected chi connectivity index (χ3v) is 3.90. The quantitative estimate of drug-likeness (QED) is 0.703. The summed E-state index contributed by atoms with van der Waals surface area (Å²) in [5.41, 5.74) is 0. The molecule has 16 heavy (non-hydrogen) atoms. The third kappa shape index (κ3) is 3.17. The largest absolute Gasteiger partial charge is 0.379 e. The Morgan fingerprint density at radius 3 is 3.00 bits per heavy atom. The fraction of sp³-hybridized carbons (Fsp3) is 1.00. The van der Waals surface area contributed by atoms with E-state index in [2.05, 4.69) is 29.6 Å². The van der Waals surface area contributed by atoms with Crippen LogP contribution in [-0.2, 0) is 4.74 Å². The Kier molecular flexibility index (Phi) is 4.58. The molecule has 0 aromatic carbocycles. The number of nitrogens with one attached hydrogen (secondary N) is 2. The van der Waals surface area contributed by atoms with Gasteiger partial charge in [0.1, 0.15) is 0 Å². The molecule has 0 spiro atoms. The molecule has 2 aliphatic rings. The second-order valence-electron chi connectivity index (χ2n) is 5.17. The van der Waals surface area contributed by atoms with Crippen molar-refractivity contribution in [2.45, 2.75) is 24.9 Å². The minimum Gasteiger partial charge on any atom is -0.379 e. The Morgan fingerprint density at radius 1 is 1.56 bits per heavy atom. The maximum absolute atomic E-state index is 5.51. The highest BCUT2D eigenvalue weighted by Crippen LogP contribution is 2.21. The van der Waals surface area contributed by atoms with Gasteiger partial charge in [-0.3, -0.25) is 0 Å². The topological polar surface area (TPSA) is 36.5 Å². The SMILES string of the molecule is CNC(CC1COCCN1)C1CCN(C)C1. The monoisotopic (exact) mass is 227 g/mol. The molecule has 2 aliphatic heterocycles. The molecular formula is C12H25N3O. The van der Waals surface area contributed by atoms with Crippen molar-refractivity contribution in [1.29, 1.82) is 0 Å². The van der Waals surface area contributed by atoms with Crippen LogP contribution in [0.1, 0.15) is 12.8 Å². The van der Waals surface area contributed by atoms with Gasteiger partial charge in [-0.1, -0.05) is 0 Å². The van der Waals surface area contributed by atoms with E-state index in [-0.39, 0.29) is 0 Å². The van der Waals surface area contributed by atoms with Crippen molar-refractivity contribution in [3.63, 3.8) is 0 Å². The summed E-state index contributed by atoms with van der Waals surface area (Å²) < 4.78 is 5.51. The van der Waals surface area contributed by atoms with Crippen molar-refractivity contribution in [3.05, 3.63) is 0 Å². The molecule has 2 fully saturated rings. The first kappa shape index (κ1) is 12.3. The van der Waals surface area contributed by atoms with Gasteiger partial charge >= 0.3 is 0 Å². The van der Waals surface area contributed by atoms with Crippen LogP contribution in [0.2, 0.25) is 0 Å². The number of hydrogen-bond acceptors (Lipinski definition) is 4. The summed E-state index contributed by atoms with van der Waals surface area (Å²) in [6.45, 7) is 5.23. The van der Waals surface area contributed by atoms with Gasteiger partial charge in [0, 0.05) is 25.2 Å². The molecule has 94 valence electrons. The lowest BCUT2D eigenvalue weighted by molar-refractivity contribution is 0.0682. The van der Waals surface area contributed by atoms with Gasteiger partial charge < -0.3 is 20.3 Å². The highest BCUT2D eigenvalue weighted by Gasteiger charge is 2.29. The van der Waals surface area contributed by atoms with Gasteiger partial charge in [0.2, 0.25) is 0 Å². The van der Waals surface area contributed by atoms with Gasteiger partial charge in [-0.25, -0.2) is 0 Å². The standard InChI is InChI=1S/C12H25N3O/c1-13-12(10-3-5-15(2)8-10)7-11-9-16-6-4-14-11/h10-14H,3-9H2,1-2H3. The van der Waals surface area contributed by atoms with Crippen LogP contribution in [0.15, 0.2) is 0 Å². The smallest absolute Gasteiger partial charge is 0.0620 e. The van der Waals surface area contributed by atoms with Crippen LogP contribution in [0.25, 0.3) is 0 Å². The summed E-state index contributed by atoms with van der Waals surface area (Å²) in [5, 5.41) is 7.03. The van der Waals surface area contributed by atoms with Gasteiger partial charge in [0.15, 0.2) is 0 Å². The van der Waals surface area contributed by atoms with E-state index in [0.717, 1.165) is 25.7 Å². The molecule has 0 radical (unpaired) electrons. The van der Waals surface area contributed by atoms with Gasteiger partial charge in [0.25, 0.3) is 0 Å². The highest BCUT2D eigenvalue weighted by atomic mass is 16.5. The van der Waals surface area contributed by atoms with Crippen molar-refractivity contribution in [3.8, 4) is 0 Å². The molecule has 0 aromatic rings.